The predicted octanol–water partition coefficient (Wildman–Crippen LogP) is 2.95. The van der Waals surface area contributed by atoms with Crippen LogP contribution in [-0.4, -0.2) is 51.4 Å². The van der Waals surface area contributed by atoms with Crippen LogP contribution in [0.3, 0.4) is 0 Å². The van der Waals surface area contributed by atoms with Crippen LogP contribution in [-0.2, 0) is 15.8 Å². The molecule has 1 fully saturated rings. The maximum atomic E-state index is 13.0. The molecule has 0 aromatic heterocycles. The number of carboxylic acids is 1. The highest BCUT2D eigenvalue weighted by molar-refractivity contribution is 7.82. The monoisotopic (exact) mass is 427 g/mol. The molecule has 0 spiro atoms. The summed E-state index contributed by atoms with van der Waals surface area (Å²) in [5.74, 6) is -0.580. The van der Waals surface area contributed by atoms with E-state index in [9.17, 15) is 14.1 Å². The second kappa shape index (κ2) is 8.86. The topological polar surface area (TPSA) is 93.9 Å². The molecule has 2 aromatic rings. The first-order valence-corrected chi connectivity index (χ1v) is 10.8. The minimum atomic E-state index is -1.34. The van der Waals surface area contributed by atoms with Crippen LogP contribution in [0, 0.1) is 18.3 Å². The number of carbonyl (C=O) groups is 1. The average molecular weight is 428 g/mol. The van der Waals surface area contributed by atoms with Gasteiger partial charge in [-0.15, -0.1) is 0 Å². The zero-order valence-electron chi connectivity index (χ0n) is 17.3. The second-order valence-corrected chi connectivity index (χ2v) is 9.15. The quantitative estimate of drug-likeness (QED) is 0.762. The molecule has 1 heterocycles. The molecule has 2 aromatic carbocycles. The molecule has 1 unspecified atom stereocenters. The number of benzene rings is 2. The Bertz CT molecular complexity index is 990. The third kappa shape index (κ3) is 4.81. The lowest BCUT2D eigenvalue weighted by Crippen LogP contribution is -2.46. The van der Waals surface area contributed by atoms with Gasteiger partial charge in [-0.25, -0.2) is 13.3 Å². The first-order chi connectivity index (χ1) is 14.2. The van der Waals surface area contributed by atoms with E-state index in [1.807, 2.05) is 23.4 Å². The van der Waals surface area contributed by atoms with E-state index in [2.05, 4.69) is 11.0 Å². The van der Waals surface area contributed by atoms with Gasteiger partial charge in [-0.3, -0.25) is 0 Å². The highest BCUT2D eigenvalue weighted by atomic mass is 32.2. The molecule has 0 aliphatic carbocycles. The van der Waals surface area contributed by atoms with Crippen LogP contribution in [0.25, 0.3) is 0 Å². The molecule has 1 atom stereocenters. The van der Waals surface area contributed by atoms with E-state index in [4.69, 9.17) is 10.00 Å². The van der Waals surface area contributed by atoms with Gasteiger partial charge in [-0.05, 0) is 68.8 Å². The van der Waals surface area contributed by atoms with Crippen molar-refractivity contribution in [2.24, 2.45) is 0 Å². The van der Waals surface area contributed by atoms with Crippen LogP contribution in [0.15, 0.2) is 47.4 Å². The Morgan fingerprint density at radius 2 is 1.77 bits per heavy atom. The molecule has 0 amide bonds. The van der Waals surface area contributed by atoms with Gasteiger partial charge in [0.25, 0.3) is 0 Å². The summed E-state index contributed by atoms with van der Waals surface area (Å²) in [5, 5.41) is 18.2. The van der Waals surface area contributed by atoms with Crippen molar-refractivity contribution < 1.29 is 18.8 Å². The van der Waals surface area contributed by atoms with Gasteiger partial charge < -0.3 is 14.7 Å². The van der Waals surface area contributed by atoms with Gasteiger partial charge in [0.1, 0.15) is 16.7 Å². The van der Waals surface area contributed by atoms with Crippen LogP contribution in [0.2, 0.25) is 0 Å². The minimum Gasteiger partial charge on any atom is -0.478 e. The average Bonchev–Trinajstić information content (AvgIpc) is 2.74. The van der Waals surface area contributed by atoms with Crippen LogP contribution in [0.1, 0.15) is 25.0 Å². The van der Waals surface area contributed by atoms with Gasteiger partial charge in [0.05, 0.1) is 16.5 Å². The highest BCUT2D eigenvalue weighted by Crippen LogP contribution is 2.27. The maximum Gasteiger partial charge on any atom is 0.347 e. The van der Waals surface area contributed by atoms with E-state index in [0.29, 0.717) is 29.3 Å². The van der Waals surface area contributed by atoms with Crippen molar-refractivity contribution in [1.29, 1.82) is 5.26 Å². The standard InChI is InChI=1S/C22H25N3O4S/c1-16-14-19(8-9-20(16)29-22(2,3)21(26)27)30(28)25-12-10-24(11-13-25)18-6-4-17(15-23)5-7-18/h4-9,14H,10-13H2,1-3H3,(H,26,27). The van der Waals surface area contributed by atoms with E-state index < -0.39 is 22.6 Å². The molecular formula is C22H25N3O4S. The van der Waals surface area contributed by atoms with Crippen molar-refractivity contribution in [1.82, 2.24) is 4.31 Å². The maximum absolute atomic E-state index is 13.0. The Morgan fingerprint density at radius 3 is 2.30 bits per heavy atom. The van der Waals surface area contributed by atoms with Gasteiger partial charge in [-0.1, -0.05) is 0 Å². The highest BCUT2D eigenvalue weighted by Gasteiger charge is 2.30. The van der Waals surface area contributed by atoms with Gasteiger partial charge in [0.15, 0.2) is 5.60 Å². The molecule has 1 aliphatic rings. The van der Waals surface area contributed by atoms with Crippen LogP contribution >= 0.6 is 0 Å². The number of hydrogen-bond donors (Lipinski definition) is 1. The summed E-state index contributed by atoms with van der Waals surface area (Å²) >= 11 is 0. The SMILES string of the molecule is Cc1cc(S(=O)N2CCN(c3ccc(C#N)cc3)CC2)ccc1OC(C)(C)C(=O)O. The summed E-state index contributed by atoms with van der Waals surface area (Å²) < 4.78 is 20.6. The van der Waals surface area contributed by atoms with E-state index in [1.54, 1.807) is 30.3 Å². The van der Waals surface area contributed by atoms with E-state index >= 15 is 0 Å². The third-order valence-electron chi connectivity index (χ3n) is 5.06. The molecule has 1 aliphatic heterocycles. The molecule has 7 nitrogen and oxygen atoms in total. The van der Waals surface area contributed by atoms with Gasteiger partial charge in [-0.2, -0.15) is 5.26 Å². The minimum absolute atomic E-state index is 0.466. The van der Waals surface area contributed by atoms with Crippen molar-refractivity contribution >= 4 is 22.6 Å². The summed E-state index contributed by atoms with van der Waals surface area (Å²) in [7, 11) is -1.31. The zero-order chi connectivity index (χ0) is 21.9. The number of anilines is 1. The Labute approximate surface area is 179 Å². The lowest BCUT2D eigenvalue weighted by molar-refractivity contribution is -0.152. The van der Waals surface area contributed by atoms with E-state index in [1.165, 1.54) is 13.8 Å². The molecule has 0 bridgehead atoms. The van der Waals surface area contributed by atoms with E-state index in [-0.39, 0.29) is 0 Å². The van der Waals surface area contributed by atoms with Crippen molar-refractivity contribution in [3.8, 4) is 11.8 Å². The molecule has 158 valence electrons. The smallest absolute Gasteiger partial charge is 0.347 e. The molecule has 3 rings (SSSR count). The molecule has 1 saturated heterocycles. The van der Waals surface area contributed by atoms with Gasteiger partial charge in [0, 0.05) is 31.9 Å². The third-order valence-corrected chi connectivity index (χ3v) is 6.55. The second-order valence-electron chi connectivity index (χ2n) is 7.67. The number of carboxylic acid groups (broad SMARTS) is 1. The summed E-state index contributed by atoms with van der Waals surface area (Å²) in [6.07, 6.45) is 0. The van der Waals surface area contributed by atoms with Crippen LogP contribution < -0.4 is 9.64 Å². The van der Waals surface area contributed by atoms with Crippen molar-refractivity contribution in [3.63, 3.8) is 0 Å². The largest absolute Gasteiger partial charge is 0.478 e. The first kappa shape index (κ1) is 21.8. The Balaban J connectivity index is 1.64. The molecular weight excluding hydrogens is 402 g/mol. The fourth-order valence-electron chi connectivity index (χ4n) is 3.17. The molecule has 0 saturated carbocycles. The number of aryl methyl sites for hydroxylation is 1. The zero-order valence-corrected chi connectivity index (χ0v) is 18.1. The number of piperazine rings is 1. The Hall–Kier alpha value is -2.89. The van der Waals surface area contributed by atoms with Gasteiger partial charge in [0.2, 0.25) is 0 Å². The molecule has 8 heteroatoms. The van der Waals surface area contributed by atoms with Crippen LogP contribution in [0.4, 0.5) is 5.69 Å². The normalized spacial score (nSPS) is 16.0. The Morgan fingerprint density at radius 1 is 1.13 bits per heavy atom. The number of ether oxygens (including phenoxy) is 1. The van der Waals surface area contributed by atoms with E-state index in [0.717, 1.165) is 24.3 Å². The van der Waals surface area contributed by atoms with Crippen molar-refractivity contribution in [2.75, 3.05) is 31.1 Å². The fourth-order valence-corrected chi connectivity index (χ4v) is 4.43. The lowest BCUT2D eigenvalue weighted by Gasteiger charge is -2.35. The van der Waals surface area contributed by atoms with Crippen LogP contribution in [0.5, 0.6) is 5.75 Å². The summed E-state index contributed by atoms with van der Waals surface area (Å²) in [4.78, 5) is 14.2. The predicted molar refractivity (Wildman–Crippen MR) is 115 cm³/mol. The fraction of sp³-hybridized carbons (Fsp3) is 0.364. The molecule has 30 heavy (non-hydrogen) atoms. The lowest BCUT2D eigenvalue weighted by atomic mass is 10.1. The molecule has 0 radical (unpaired) electrons. The number of nitriles is 1. The number of nitrogens with zero attached hydrogens (tertiary/aromatic N) is 3. The number of hydrogen-bond acceptors (Lipinski definition) is 5. The Kier molecular flexibility index (Phi) is 6.44. The summed E-state index contributed by atoms with van der Waals surface area (Å²) in [6, 6.07) is 14.8. The number of rotatable bonds is 6. The summed E-state index contributed by atoms with van der Waals surface area (Å²) in [5.41, 5.74) is 1.09. The van der Waals surface area contributed by atoms with Crippen molar-refractivity contribution in [2.45, 2.75) is 31.3 Å². The van der Waals surface area contributed by atoms with Gasteiger partial charge >= 0.3 is 5.97 Å². The summed E-state index contributed by atoms with van der Waals surface area (Å²) in [6.45, 7) is 7.58. The van der Waals surface area contributed by atoms with Crippen molar-refractivity contribution in [3.05, 3.63) is 53.6 Å². The molecule has 1 N–H and O–H groups in total. The number of aliphatic carboxylic acids is 1. The first-order valence-electron chi connectivity index (χ1n) is 9.66.